The van der Waals surface area contributed by atoms with Gasteiger partial charge < -0.3 is 5.11 Å². The van der Waals surface area contributed by atoms with Crippen molar-refractivity contribution < 1.29 is 26.7 Å². The van der Waals surface area contributed by atoms with Gasteiger partial charge in [-0.05, 0) is 19.3 Å². The van der Waals surface area contributed by atoms with Crippen molar-refractivity contribution in [1.82, 2.24) is 4.72 Å². The SMILES string of the molecule is O=C(O)CC1(NS(=O)(=O)C2CCS(=O)(=O)C2)CCCC1. The molecule has 0 radical (unpaired) electrons. The second-order valence-electron chi connectivity index (χ2n) is 5.73. The standard InChI is InChI=1S/C11H19NO6S2/c13-10(14)7-11(4-1-2-5-11)12-20(17,18)9-3-6-19(15,16)8-9/h9,12H,1-8H2,(H,13,14). The Labute approximate surface area is 118 Å². The molecule has 1 heterocycles. The van der Waals surface area contributed by atoms with Crippen LogP contribution in [-0.4, -0.2) is 50.2 Å². The molecule has 0 spiro atoms. The Morgan fingerprint density at radius 3 is 2.35 bits per heavy atom. The lowest BCUT2D eigenvalue weighted by Gasteiger charge is -2.29. The van der Waals surface area contributed by atoms with E-state index in [9.17, 15) is 21.6 Å². The molecule has 1 saturated carbocycles. The number of hydrogen-bond acceptors (Lipinski definition) is 5. The molecule has 2 aliphatic rings. The zero-order valence-electron chi connectivity index (χ0n) is 11.0. The maximum Gasteiger partial charge on any atom is 0.305 e. The molecule has 0 bridgehead atoms. The van der Waals surface area contributed by atoms with Gasteiger partial charge in [0.25, 0.3) is 0 Å². The zero-order chi connectivity index (χ0) is 15.0. The summed E-state index contributed by atoms with van der Waals surface area (Å²) in [6.45, 7) is 0. The van der Waals surface area contributed by atoms with Crippen LogP contribution >= 0.6 is 0 Å². The first-order valence-corrected chi connectivity index (χ1v) is 9.96. The van der Waals surface area contributed by atoms with E-state index in [0.29, 0.717) is 12.8 Å². The van der Waals surface area contributed by atoms with E-state index in [-0.39, 0.29) is 24.3 Å². The van der Waals surface area contributed by atoms with E-state index < -0.39 is 36.6 Å². The molecular weight excluding hydrogens is 306 g/mol. The van der Waals surface area contributed by atoms with Gasteiger partial charge in [0.2, 0.25) is 10.0 Å². The van der Waals surface area contributed by atoms with Crippen LogP contribution in [0.1, 0.15) is 38.5 Å². The van der Waals surface area contributed by atoms with Crippen LogP contribution in [0.4, 0.5) is 0 Å². The van der Waals surface area contributed by atoms with Crippen molar-refractivity contribution in [2.75, 3.05) is 11.5 Å². The van der Waals surface area contributed by atoms with Crippen LogP contribution in [-0.2, 0) is 24.7 Å². The minimum atomic E-state index is -3.81. The van der Waals surface area contributed by atoms with Gasteiger partial charge in [-0.15, -0.1) is 0 Å². The number of carbonyl (C=O) groups is 1. The second-order valence-corrected chi connectivity index (χ2v) is 9.92. The molecular formula is C11H19NO6S2. The molecule has 20 heavy (non-hydrogen) atoms. The fourth-order valence-electron chi connectivity index (χ4n) is 3.05. The zero-order valence-corrected chi connectivity index (χ0v) is 12.7. The van der Waals surface area contributed by atoms with Crippen LogP contribution in [0.2, 0.25) is 0 Å². The highest BCUT2D eigenvalue weighted by Gasteiger charge is 2.44. The maximum absolute atomic E-state index is 12.3. The molecule has 1 atom stereocenters. The molecule has 116 valence electrons. The Hall–Kier alpha value is -0.670. The molecule has 0 aromatic rings. The normalized spacial score (nSPS) is 28.5. The van der Waals surface area contributed by atoms with E-state index in [1.54, 1.807) is 0 Å². The molecule has 1 saturated heterocycles. The number of carboxylic acid groups (broad SMARTS) is 1. The topological polar surface area (TPSA) is 118 Å². The highest BCUT2D eigenvalue weighted by Crippen LogP contribution is 2.34. The van der Waals surface area contributed by atoms with Crippen LogP contribution < -0.4 is 4.72 Å². The summed E-state index contributed by atoms with van der Waals surface area (Å²) in [6, 6.07) is 0. The van der Waals surface area contributed by atoms with Gasteiger partial charge in [0.15, 0.2) is 9.84 Å². The molecule has 2 N–H and O–H groups in total. The molecule has 0 amide bonds. The van der Waals surface area contributed by atoms with Gasteiger partial charge in [-0.25, -0.2) is 21.6 Å². The molecule has 1 unspecified atom stereocenters. The first kappa shape index (κ1) is 15.7. The molecule has 2 fully saturated rings. The number of sulfone groups is 1. The van der Waals surface area contributed by atoms with E-state index in [2.05, 4.69) is 4.72 Å². The third-order valence-corrected chi connectivity index (χ3v) is 8.02. The molecule has 1 aliphatic carbocycles. The van der Waals surface area contributed by atoms with Gasteiger partial charge in [0, 0.05) is 5.54 Å². The van der Waals surface area contributed by atoms with E-state index in [0.717, 1.165) is 12.8 Å². The highest BCUT2D eigenvalue weighted by atomic mass is 32.2. The number of sulfonamides is 1. The van der Waals surface area contributed by atoms with Crippen molar-refractivity contribution in [3.63, 3.8) is 0 Å². The second kappa shape index (κ2) is 5.27. The van der Waals surface area contributed by atoms with Gasteiger partial charge >= 0.3 is 5.97 Å². The van der Waals surface area contributed by atoms with Gasteiger partial charge in [0.1, 0.15) is 0 Å². The summed E-state index contributed by atoms with van der Waals surface area (Å²) < 4.78 is 49.9. The van der Waals surface area contributed by atoms with Crippen LogP contribution in [0.5, 0.6) is 0 Å². The number of aliphatic carboxylic acids is 1. The summed E-state index contributed by atoms with van der Waals surface area (Å²) in [5, 5.41) is 7.99. The van der Waals surface area contributed by atoms with E-state index in [1.165, 1.54) is 0 Å². The third-order valence-electron chi connectivity index (χ3n) is 4.04. The minimum absolute atomic E-state index is 0.0841. The summed E-state index contributed by atoms with van der Waals surface area (Å²) in [6.07, 6.45) is 2.35. The first-order chi connectivity index (χ1) is 9.14. The lowest BCUT2D eigenvalue weighted by molar-refractivity contribution is -0.138. The molecule has 0 aromatic carbocycles. The summed E-state index contributed by atoms with van der Waals surface area (Å²) in [5.74, 6) is -1.54. The fraction of sp³-hybridized carbons (Fsp3) is 0.909. The maximum atomic E-state index is 12.3. The molecule has 7 nitrogen and oxygen atoms in total. The Balaban J connectivity index is 2.16. The Morgan fingerprint density at radius 1 is 1.30 bits per heavy atom. The summed E-state index contributed by atoms with van der Waals surface area (Å²) in [5.41, 5.74) is -0.947. The van der Waals surface area contributed by atoms with Crippen molar-refractivity contribution in [2.45, 2.75) is 49.3 Å². The van der Waals surface area contributed by atoms with Crippen LogP contribution in [0.3, 0.4) is 0 Å². The van der Waals surface area contributed by atoms with Crippen molar-refractivity contribution in [1.29, 1.82) is 0 Å². The lowest BCUT2D eigenvalue weighted by Crippen LogP contribution is -2.51. The molecule has 1 aliphatic heterocycles. The molecule has 9 heteroatoms. The quantitative estimate of drug-likeness (QED) is 0.727. The average molecular weight is 325 g/mol. The molecule has 2 rings (SSSR count). The van der Waals surface area contributed by atoms with E-state index in [4.69, 9.17) is 5.11 Å². The Morgan fingerprint density at radius 2 is 1.90 bits per heavy atom. The van der Waals surface area contributed by atoms with Crippen LogP contribution in [0.15, 0.2) is 0 Å². The van der Waals surface area contributed by atoms with Crippen molar-refractivity contribution in [3.05, 3.63) is 0 Å². The Kier molecular flexibility index (Phi) is 4.14. The number of hydrogen-bond donors (Lipinski definition) is 2. The van der Waals surface area contributed by atoms with E-state index >= 15 is 0 Å². The van der Waals surface area contributed by atoms with Gasteiger partial charge in [-0.2, -0.15) is 0 Å². The monoisotopic (exact) mass is 325 g/mol. The highest BCUT2D eigenvalue weighted by molar-refractivity contribution is 7.95. The summed E-state index contributed by atoms with van der Waals surface area (Å²) >= 11 is 0. The van der Waals surface area contributed by atoms with Crippen molar-refractivity contribution >= 4 is 25.8 Å². The number of carboxylic acids is 1. The first-order valence-electron chi connectivity index (χ1n) is 6.59. The summed E-state index contributed by atoms with van der Waals surface area (Å²) in [7, 11) is -7.10. The number of nitrogens with one attached hydrogen (secondary N) is 1. The van der Waals surface area contributed by atoms with E-state index in [1.807, 2.05) is 0 Å². The smallest absolute Gasteiger partial charge is 0.305 e. The van der Waals surface area contributed by atoms with Crippen LogP contribution in [0.25, 0.3) is 0 Å². The van der Waals surface area contributed by atoms with Crippen molar-refractivity contribution in [2.24, 2.45) is 0 Å². The predicted molar refractivity (Wildman–Crippen MR) is 72.6 cm³/mol. The fourth-order valence-corrected chi connectivity index (χ4v) is 7.55. The van der Waals surface area contributed by atoms with Crippen molar-refractivity contribution in [3.8, 4) is 0 Å². The number of rotatable bonds is 5. The third kappa shape index (κ3) is 3.50. The largest absolute Gasteiger partial charge is 0.481 e. The van der Waals surface area contributed by atoms with Gasteiger partial charge in [0.05, 0.1) is 23.2 Å². The Bertz CT molecular complexity index is 588. The summed E-state index contributed by atoms with van der Waals surface area (Å²) in [4.78, 5) is 10.9. The van der Waals surface area contributed by atoms with Gasteiger partial charge in [-0.3, -0.25) is 4.79 Å². The van der Waals surface area contributed by atoms with Gasteiger partial charge in [-0.1, -0.05) is 12.8 Å². The minimum Gasteiger partial charge on any atom is -0.481 e. The van der Waals surface area contributed by atoms with Crippen LogP contribution in [0, 0.1) is 0 Å². The predicted octanol–water partition coefficient (Wildman–Crippen LogP) is -0.120. The average Bonchev–Trinajstić information content (AvgIpc) is 2.84. The lowest BCUT2D eigenvalue weighted by atomic mass is 9.95. The molecule has 0 aromatic heterocycles.